The molecule has 0 bridgehead atoms. The number of H-pyrrole nitrogens is 1. The van der Waals surface area contributed by atoms with Gasteiger partial charge in [-0.25, -0.2) is 4.39 Å². The monoisotopic (exact) mass is 445 g/mol. The molecule has 0 atom stereocenters. The number of hydrogen-bond donors (Lipinski definition) is 1. The quantitative estimate of drug-likeness (QED) is 0.575. The van der Waals surface area contributed by atoms with Crippen molar-refractivity contribution in [3.63, 3.8) is 0 Å². The molecule has 172 valence electrons. The number of hydrogen-bond acceptors (Lipinski definition) is 2. The zero-order valence-electron chi connectivity index (χ0n) is 19.2. The number of nitrogens with one attached hydrogen (secondary N) is 1. The van der Waals surface area contributed by atoms with Crippen molar-refractivity contribution >= 4 is 22.5 Å². The summed E-state index contributed by atoms with van der Waals surface area (Å²) in [5, 5.41) is 1.05. The van der Waals surface area contributed by atoms with Crippen LogP contribution in [0.5, 0.6) is 0 Å². The van der Waals surface area contributed by atoms with Crippen LogP contribution in [0.1, 0.15) is 60.3 Å². The van der Waals surface area contributed by atoms with E-state index in [0.29, 0.717) is 18.2 Å². The van der Waals surface area contributed by atoms with E-state index >= 15 is 0 Å². The normalized spacial score (nSPS) is 19.3. The van der Waals surface area contributed by atoms with E-state index in [9.17, 15) is 9.18 Å². The van der Waals surface area contributed by atoms with E-state index in [0.717, 1.165) is 75.6 Å². The van der Waals surface area contributed by atoms with Gasteiger partial charge in [0.15, 0.2) is 0 Å². The van der Waals surface area contributed by atoms with E-state index < -0.39 is 0 Å². The first-order valence-corrected chi connectivity index (χ1v) is 12.6. The second-order valence-electron chi connectivity index (χ2n) is 10.1. The Balaban J connectivity index is 1.05. The summed E-state index contributed by atoms with van der Waals surface area (Å²) < 4.78 is 13.7. The van der Waals surface area contributed by atoms with E-state index in [1.807, 2.05) is 11.0 Å². The number of rotatable bonds is 5. The van der Waals surface area contributed by atoms with E-state index in [2.05, 4.69) is 28.2 Å². The number of likely N-dealkylation sites (tertiary alicyclic amines) is 1. The lowest BCUT2D eigenvalue weighted by Crippen LogP contribution is -2.39. The van der Waals surface area contributed by atoms with Crippen LogP contribution in [0.15, 0.2) is 36.5 Å². The van der Waals surface area contributed by atoms with Gasteiger partial charge in [0.05, 0.1) is 5.69 Å². The third-order valence-electron chi connectivity index (χ3n) is 7.98. The molecule has 3 aromatic rings. The average Bonchev–Trinajstić information content (AvgIpc) is 3.25. The number of carbonyl (C=O) groups is 1. The van der Waals surface area contributed by atoms with E-state index in [1.165, 1.54) is 40.4 Å². The Bertz CT molecular complexity index is 1170. The number of aromatic amines is 1. The molecule has 2 aromatic carbocycles. The zero-order chi connectivity index (χ0) is 22.4. The van der Waals surface area contributed by atoms with Crippen molar-refractivity contribution < 1.29 is 9.18 Å². The number of piperidine rings is 1. The zero-order valence-corrected chi connectivity index (χ0v) is 19.2. The highest BCUT2D eigenvalue weighted by molar-refractivity contribution is 5.97. The summed E-state index contributed by atoms with van der Waals surface area (Å²) in [6.07, 6.45) is 10.4. The standard InChI is InChI=1S/C28H32FN3O/c29-23-6-7-26-24(17-23)25(18-30-26)20-9-13-31(14-10-20)11-1-3-19-15-21-4-2-12-32-27(33)8-5-22(16-19)28(21)32/h6-7,15-18,20,30H,1-5,8-14H2. The number of halogens is 1. The SMILES string of the molecule is O=C1CCc2cc(CCCN3CCC(c4c[nH]c5ccc(F)cc45)CC3)cc3c2N1CCC3. The number of aromatic nitrogens is 1. The van der Waals surface area contributed by atoms with Crippen molar-refractivity contribution in [2.45, 2.75) is 57.3 Å². The van der Waals surface area contributed by atoms with Gasteiger partial charge in [0.1, 0.15) is 5.82 Å². The molecule has 5 heteroatoms. The lowest BCUT2D eigenvalue weighted by Gasteiger charge is -2.35. The Hall–Kier alpha value is -2.66. The number of anilines is 1. The molecule has 4 heterocycles. The van der Waals surface area contributed by atoms with Crippen molar-refractivity contribution in [2.75, 3.05) is 31.1 Å². The van der Waals surface area contributed by atoms with Crippen LogP contribution in [-0.4, -0.2) is 42.0 Å². The molecule has 1 fully saturated rings. The van der Waals surface area contributed by atoms with Gasteiger partial charge in [0.25, 0.3) is 0 Å². The molecule has 0 radical (unpaired) electrons. The Kier molecular flexibility index (Phi) is 5.45. The fourth-order valence-electron chi connectivity index (χ4n) is 6.30. The third kappa shape index (κ3) is 3.97. The Labute approximate surface area is 194 Å². The third-order valence-corrected chi connectivity index (χ3v) is 7.98. The summed E-state index contributed by atoms with van der Waals surface area (Å²) in [5.74, 6) is 0.657. The summed E-state index contributed by atoms with van der Waals surface area (Å²) in [5.41, 5.74) is 7.76. The molecule has 1 saturated heterocycles. The van der Waals surface area contributed by atoms with Gasteiger partial charge in [-0.05, 0) is 111 Å². The van der Waals surface area contributed by atoms with Gasteiger partial charge < -0.3 is 14.8 Å². The van der Waals surface area contributed by atoms with Gasteiger partial charge >= 0.3 is 0 Å². The first-order chi connectivity index (χ1) is 16.2. The maximum atomic E-state index is 13.7. The van der Waals surface area contributed by atoms with Gasteiger partial charge in [-0.3, -0.25) is 4.79 Å². The van der Waals surface area contributed by atoms with Crippen molar-refractivity contribution in [2.24, 2.45) is 0 Å². The van der Waals surface area contributed by atoms with Crippen molar-refractivity contribution in [3.05, 3.63) is 64.6 Å². The van der Waals surface area contributed by atoms with Gasteiger partial charge in [-0.1, -0.05) is 12.1 Å². The summed E-state index contributed by atoms with van der Waals surface area (Å²) in [6.45, 7) is 4.24. The second kappa shape index (κ2) is 8.60. The first kappa shape index (κ1) is 20.9. The summed E-state index contributed by atoms with van der Waals surface area (Å²) in [4.78, 5) is 20.2. The van der Waals surface area contributed by atoms with Crippen LogP contribution >= 0.6 is 0 Å². The van der Waals surface area contributed by atoms with Crippen LogP contribution in [0.25, 0.3) is 10.9 Å². The number of aryl methyl sites for hydroxylation is 3. The average molecular weight is 446 g/mol. The Morgan fingerprint density at radius 1 is 1.00 bits per heavy atom. The van der Waals surface area contributed by atoms with E-state index in [1.54, 1.807) is 6.07 Å². The topological polar surface area (TPSA) is 39.3 Å². The van der Waals surface area contributed by atoms with E-state index in [-0.39, 0.29) is 5.82 Å². The number of benzene rings is 2. The molecule has 0 aliphatic carbocycles. The summed E-state index contributed by atoms with van der Waals surface area (Å²) in [7, 11) is 0. The number of carbonyl (C=O) groups excluding carboxylic acids is 1. The summed E-state index contributed by atoms with van der Waals surface area (Å²) >= 11 is 0. The minimum absolute atomic E-state index is 0.156. The smallest absolute Gasteiger partial charge is 0.227 e. The molecular weight excluding hydrogens is 413 g/mol. The lowest BCUT2D eigenvalue weighted by atomic mass is 9.88. The Morgan fingerprint density at radius 2 is 1.82 bits per heavy atom. The number of fused-ring (bicyclic) bond motifs is 1. The maximum Gasteiger partial charge on any atom is 0.227 e. The Morgan fingerprint density at radius 3 is 2.67 bits per heavy atom. The van der Waals surface area contributed by atoms with Crippen molar-refractivity contribution in [3.8, 4) is 0 Å². The molecule has 0 unspecified atom stereocenters. The molecule has 3 aliphatic heterocycles. The summed E-state index contributed by atoms with van der Waals surface area (Å²) in [6, 6.07) is 9.78. The minimum Gasteiger partial charge on any atom is -0.361 e. The molecular formula is C28H32FN3O. The van der Waals surface area contributed by atoms with Crippen molar-refractivity contribution in [1.82, 2.24) is 9.88 Å². The molecule has 6 rings (SSSR count). The molecule has 1 amide bonds. The molecule has 1 N–H and O–H groups in total. The van der Waals surface area contributed by atoms with Crippen LogP contribution in [0.4, 0.5) is 10.1 Å². The largest absolute Gasteiger partial charge is 0.361 e. The van der Waals surface area contributed by atoms with E-state index in [4.69, 9.17) is 0 Å². The van der Waals surface area contributed by atoms with Gasteiger partial charge in [-0.2, -0.15) is 0 Å². The van der Waals surface area contributed by atoms with Gasteiger partial charge in [0, 0.05) is 30.1 Å². The van der Waals surface area contributed by atoms with Gasteiger partial charge in [0.2, 0.25) is 5.91 Å². The highest BCUT2D eigenvalue weighted by atomic mass is 19.1. The van der Waals surface area contributed by atoms with Gasteiger partial charge in [-0.15, -0.1) is 0 Å². The van der Waals surface area contributed by atoms with Crippen LogP contribution in [-0.2, 0) is 24.1 Å². The van der Waals surface area contributed by atoms with Crippen molar-refractivity contribution in [1.29, 1.82) is 0 Å². The van der Waals surface area contributed by atoms with Crippen LogP contribution in [0.3, 0.4) is 0 Å². The molecule has 0 saturated carbocycles. The lowest BCUT2D eigenvalue weighted by molar-refractivity contribution is -0.119. The highest BCUT2D eigenvalue weighted by Crippen LogP contribution is 2.37. The number of nitrogens with zero attached hydrogens (tertiary/aromatic N) is 2. The van der Waals surface area contributed by atoms with Crippen LogP contribution < -0.4 is 4.90 Å². The number of amides is 1. The molecule has 4 nitrogen and oxygen atoms in total. The molecule has 3 aliphatic rings. The highest BCUT2D eigenvalue weighted by Gasteiger charge is 2.29. The fourth-order valence-corrected chi connectivity index (χ4v) is 6.30. The van der Waals surface area contributed by atoms with Crippen LogP contribution in [0.2, 0.25) is 0 Å². The van der Waals surface area contributed by atoms with Crippen LogP contribution in [0, 0.1) is 5.82 Å². The molecule has 1 aromatic heterocycles. The second-order valence-corrected chi connectivity index (χ2v) is 10.1. The first-order valence-electron chi connectivity index (χ1n) is 12.6. The predicted octanol–water partition coefficient (Wildman–Crippen LogP) is 5.34. The maximum absolute atomic E-state index is 13.7. The molecule has 0 spiro atoms. The fraction of sp³-hybridized carbons (Fsp3) is 0.464. The predicted molar refractivity (Wildman–Crippen MR) is 130 cm³/mol. The minimum atomic E-state index is -0.156. The molecule has 33 heavy (non-hydrogen) atoms.